The molecule has 31 heavy (non-hydrogen) atoms. The van der Waals surface area contributed by atoms with Crippen molar-refractivity contribution < 1.29 is 17.9 Å². The number of anilines is 1. The maximum Gasteiger partial charge on any atom is 0.242 e. The third kappa shape index (κ3) is 6.57. The third-order valence-electron chi connectivity index (χ3n) is 4.19. The van der Waals surface area contributed by atoms with Crippen molar-refractivity contribution in [1.82, 2.24) is 14.5 Å². The first-order valence-electron chi connectivity index (χ1n) is 9.37. The van der Waals surface area contributed by atoms with E-state index in [1.54, 1.807) is 43.1 Å². The Balaban J connectivity index is 1.40. The number of methoxy groups -OCH3 is 1. The molecule has 0 spiro atoms. The molecule has 0 fully saturated rings. The van der Waals surface area contributed by atoms with Crippen LogP contribution < -0.4 is 14.8 Å². The van der Waals surface area contributed by atoms with Gasteiger partial charge in [0.1, 0.15) is 11.5 Å². The minimum atomic E-state index is -3.43. The van der Waals surface area contributed by atoms with Crippen LogP contribution in [0.25, 0.3) is 0 Å². The van der Waals surface area contributed by atoms with Crippen molar-refractivity contribution >= 4 is 38.3 Å². The number of hydrogen-bond donors (Lipinski definition) is 1. The molecule has 0 radical (unpaired) electrons. The fraction of sp³-hybridized carbons (Fsp3) is 0.300. The summed E-state index contributed by atoms with van der Waals surface area (Å²) in [7, 11) is 1.22. The molecule has 1 aromatic heterocycles. The lowest BCUT2D eigenvalue weighted by atomic mass is 10.2. The Labute approximate surface area is 190 Å². The first kappa shape index (κ1) is 23.3. The van der Waals surface area contributed by atoms with Gasteiger partial charge in [0.2, 0.25) is 15.2 Å². The molecule has 11 heteroatoms. The Morgan fingerprint density at radius 1 is 1.03 bits per heavy atom. The standard InChI is InChI=1S/C20H24N4O4S3/c1-24(2)31(25,26)18-10-8-17(9-11-18)28-12-13-29-20-23-22-19(30-20)21-14-15-4-6-16(27-3)7-5-15/h4-11H,12-14H2,1-3H3,(H,21,22). The number of thioether (sulfide) groups is 1. The van der Waals surface area contributed by atoms with E-state index in [0.717, 1.165) is 20.8 Å². The highest BCUT2D eigenvalue weighted by Crippen LogP contribution is 2.26. The van der Waals surface area contributed by atoms with Crippen LogP contribution in [0.1, 0.15) is 5.56 Å². The molecular formula is C20H24N4O4S3. The molecule has 166 valence electrons. The van der Waals surface area contributed by atoms with E-state index in [4.69, 9.17) is 9.47 Å². The number of sulfonamides is 1. The fourth-order valence-corrected chi connectivity index (χ4v) is 5.00. The number of benzene rings is 2. The van der Waals surface area contributed by atoms with Gasteiger partial charge in [0, 0.05) is 26.4 Å². The zero-order valence-corrected chi connectivity index (χ0v) is 19.9. The highest BCUT2D eigenvalue weighted by Gasteiger charge is 2.16. The molecule has 1 N–H and O–H groups in total. The van der Waals surface area contributed by atoms with Crippen molar-refractivity contribution in [3.63, 3.8) is 0 Å². The van der Waals surface area contributed by atoms with Crippen LogP contribution in [0.5, 0.6) is 11.5 Å². The monoisotopic (exact) mass is 480 g/mol. The third-order valence-corrected chi connectivity index (χ3v) is 8.00. The second-order valence-corrected chi connectivity index (χ2v) is 11.0. The predicted octanol–water partition coefficient (Wildman–Crippen LogP) is 3.58. The van der Waals surface area contributed by atoms with E-state index in [1.165, 1.54) is 29.7 Å². The number of nitrogens with zero attached hydrogens (tertiary/aromatic N) is 3. The summed E-state index contributed by atoms with van der Waals surface area (Å²) in [6, 6.07) is 14.3. The van der Waals surface area contributed by atoms with Crippen molar-refractivity contribution in [1.29, 1.82) is 0 Å². The Hall–Kier alpha value is -2.34. The average molecular weight is 481 g/mol. The SMILES string of the molecule is COc1ccc(CNc2nnc(SCCOc3ccc(S(=O)(=O)N(C)C)cc3)s2)cc1. The molecule has 0 bridgehead atoms. The first-order valence-corrected chi connectivity index (χ1v) is 12.6. The van der Waals surface area contributed by atoms with Gasteiger partial charge in [0.25, 0.3) is 0 Å². The molecule has 0 saturated heterocycles. The Morgan fingerprint density at radius 2 is 1.71 bits per heavy atom. The molecule has 0 saturated carbocycles. The van der Waals surface area contributed by atoms with Crippen LogP contribution in [0.15, 0.2) is 57.8 Å². The summed E-state index contributed by atoms with van der Waals surface area (Å²) in [5.41, 5.74) is 1.13. The minimum Gasteiger partial charge on any atom is -0.497 e. The second-order valence-electron chi connectivity index (χ2n) is 6.53. The quantitative estimate of drug-likeness (QED) is 0.329. The summed E-state index contributed by atoms with van der Waals surface area (Å²) in [6.45, 7) is 1.13. The van der Waals surface area contributed by atoms with Crippen molar-refractivity contribution in [2.45, 2.75) is 15.8 Å². The summed E-state index contributed by atoms with van der Waals surface area (Å²) >= 11 is 3.05. The smallest absolute Gasteiger partial charge is 0.242 e. The van der Waals surface area contributed by atoms with Crippen molar-refractivity contribution in [2.24, 2.45) is 0 Å². The van der Waals surface area contributed by atoms with Gasteiger partial charge in [-0.3, -0.25) is 0 Å². The number of hydrogen-bond acceptors (Lipinski definition) is 9. The molecule has 8 nitrogen and oxygen atoms in total. The Kier molecular flexibility index (Phi) is 8.13. The maximum atomic E-state index is 12.1. The summed E-state index contributed by atoms with van der Waals surface area (Å²) in [5.74, 6) is 2.15. The molecule has 3 aromatic rings. The van der Waals surface area contributed by atoms with Gasteiger partial charge in [-0.1, -0.05) is 35.2 Å². The van der Waals surface area contributed by atoms with Gasteiger partial charge in [-0.15, -0.1) is 10.2 Å². The number of aromatic nitrogens is 2. The van der Waals surface area contributed by atoms with Crippen LogP contribution in [0.4, 0.5) is 5.13 Å². The van der Waals surface area contributed by atoms with Gasteiger partial charge in [-0.05, 0) is 42.0 Å². The van der Waals surface area contributed by atoms with Crippen LogP contribution in [-0.4, -0.2) is 56.5 Å². The van der Waals surface area contributed by atoms with Crippen LogP contribution >= 0.6 is 23.1 Å². The minimum absolute atomic E-state index is 0.239. The normalized spacial score (nSPS) is 11.5. The van der Waals surface area contributed by atoms with Crippen LogP contribution in [-0.2, 0) is 16.6 Å². The first-order chi connectivity index (χ1) is 14.9. The van der Waals surface area contributed by atoms with E-state index >= 15 is 0 Å². The zero-order chi connectivity index (χ0) is 22.3. The highest BCUT2D eigenvalue weighted by atomic mass is 32.2. The topological polar surface area (TPSA) is 93.6 Å². The Bertz CT molecular complexity index is 1070. The summed E-state index contributed by atoms with van der Waals surface area (Å²) < 4.78 is 37.0. The average Bonchev–Trinajstić information content (AvgIpc) is 3.23. The van der Waals surface area contributed by atoms with E-state index in [0.29, 0.717) is 24.7 Å². The molecular weight excluding hydrogens is 456 g/mol. The molecule has 0 atom stereocenters. The number of rotatable bonds is 11. The predicted molar refractivity (Wildman–Crippen MR) is 124 cm³/mol. The van der Waals surface area contributed by atoms with Crippen LogP contribution in [0.2, 0.25) is 0 Å². The maximum absolute atomic E-state index is 12.1. The number of nitrogens with one attached hydrogen (secondary N) is 1. The van der Waals surface area contributed by atoms with Gasteiger partial charge in [-0.2, -0.15) is 0 Å². The molecule has 2 aromatic carbocycles. The van der Waals surface area contributed by atoms with E-state index in [9.17, 15) is 8.42 Å². The van der Waals surface area contributed by atoms with E-state index in [2.05, 4.69) is 15.5 Å². The second kappa shape index (κ2) is 10.8. The lowest BCUT2D eigenvalue weighted by Gasteiger charge is -2.12. The molecule has 0 unspecified atom stereocenters. The lowest BCUT2D eigenvalue weighted by Crippen LogP contribution is -2.22. The Morgan fingerprint density at radius 3 is 2.35 bits per heavy atom. The van der Waals surface area contributed by atoms with Gasteiger partial charge >= 0.3 is 0 Å². The van der Waals surface area contributed by atoms with Crippen molar-refractivity contribution in [3.05, 3.63) is 54.1 Å². The summed E-state index contributed by atoms with van der Waals surface area (Å²) in [6.07, 6.45) is 0. The highest BCUT2D eigenvalue weighted by molar-refractivity contribution is 8.01. The van der Waals surface area contributed by atoms with Crippen molar-refractivity contribution in [3.8, 4) is 11.5 Å². The van der Waals surface area contributed by atoms with Crippen molar-refractivity contribution in [2.75, 3.05) is 38.9 Å². The molecule has 0 aliphatic carbocycles. The number of ether oxygens (including phenoxy) is 2. The van der Waals surface area contributed by atoms with Gasteiger partial charge in [-0.25, -0.2) is 12.7 Å². The van der Waals surface area contributed by atoms with E-state index in [1.807, 2.05) is 24.3 Å². The zero-order valence-electron chi connectivity index (χ0n) is 17.4. The molecule has 1 heterocycles. The van der Waals surface area contributed by atoms with Crippen LogP contribution in [0.3, 0.4) is 0 Å². The van der Waals surface area contributed by atoms with Gasteiger partial charge < -0.3 is 14.8 Å². The fourth-order valence-electron chi connectivity index (χ4n) is 2.47. The van der Waals surface area contributed by atoms with E-state index in [-0.39, 0.29) is 4.90 Å². The molecule has 3 rings (SSSR count). The van der Waals surface area contributed by atoms with Gasteiger partial charge in [0.05, 0.1) is 18.6 Å². The van der Waals surface area contributed by atoms with Crippen LogP contribution in [0, 0.1) is 0 Å². The summed E-state index contributed by atoms with van der Waals surface area (Å²) in [5, 5.41) is 12.4. The lowest BCUT2D eigenvalue weighted by molar-refractivity contribution is 0.343. The largest absolute Gasteiger partial charge is 0.497 e. The molecule has 0 aliphatic heterocycles. The molecule has 0 amide bonds. The molecule has 0 aliphatic rings. The van der Waals surface area contributed by atoms with E-state index < -0.39 is 10.0 Å². The van der Waals surface area contributed by atoms with Gasteiger partial charge in [0.15, 0.2) is 4.34 Å². The summed E-state index contributed by atoms with van der Waals surface area (Å²) in [4.78, 5) is 0.239.